The zero-order chi connectivity index (χ0) is 31.4. The maximum absolute atomic E-state index is 9.96. The molecule has 0 radical (unpaired) electrons. The van der Waals surface area contributed by atoms with Crippen LogP contribution in [0.1, 0.15) is 45.6 Å². The highest BCUT2D eigenvalue weighted by atomic mass is 15.0. The van der Waals surface area contributed by atoms with Crippen molar-refractivity contribution in [2.45, 2.75) is 0 Å². The first-order chi connectivity index (χ1) is 21.4. The SMILES string of the molecule is N#C/C(=C1/C=Nc2cc3c(cc2N1)N=C/C(=C(/C#N)c1c(C#N)nc(C#N)nc1C#N)N3)c1c(C#N)nc(C#N)nc1C#N. The molecule has 44 heavy (non-hydrogen) atoms. The van der Waals surface area contributed by atoms with E-state index in [9.17, 15) is 31.6 Å². The lowest BCUT2D eigenvalue weighted by atomic mass is 9.99. The summed E-state index contributed by atoms with van der Waals surface area (Å²) in [5.74, 6) is -0.798. The predicted molar refractivity (Wildman–Crippen MR) is 147 cm³/mol. The number of nitrogens with zero attached hydrogens (tertiary/aromatic N) is 14. The van der Waals surface area contributed by atoms with Crippen LogP contribution in [0.4, 0.5) is 22.7 Å². The number of aliphatic imine (C=N–C) groups is 2. The monoisotopic (exact) mass is 566 g/mol. The molecule has 2 aromatic heterocycles. The van der Waals surface area contributed by atoms with Gasteiger partial charge in [-0.05, 0) is 12.1 Å². The number of fused-ring (bicyclic) bond motifs is 2. The minimum absolute atomic E-state index is 0.121. The van der Waals surface area contributed by atoms with Gasteiger partial charge in [0, 0.05) is 0 Å². The summed E-state index contributed by atoms with van der Waals surface area (Å²) in [5, 5.41) is 82.5. The number of hydrogen-bond acceptors (Lipinski definition) is 16. The number of aromatic nitrogens is 4. The van der Waals surface area contributed by atoms with Crippen LogP contribution in [-0.2, 0) is 0 Å². The van der Waals surface area contributed by atoms with Crippen LogP contribution < -0.4 is 10.6 Å². The molecule has 198 valence electrons. The first-order valence-electron chi connectivity index (χ1n) is 11.8. The van der Waals surface area contributed by atoms with Gasteiger partial charge in [0.25, 0.3) is 0 Å². The van der Waals surface area contributed by atoms with E-state index in [1.54, 1.807) is 48.5 Å². The molecule has 0 aliphatic carbocycles. The summed E-state index contributed by atoms with van der Waals surface area (Å²) in [4.78, 5) is 24.0. The molecule has 0 bridgehead atoms. The van der Waals surface area contributed by atoms with E-state index in [1.807, 2.05) is 12.1 Å². The Hall–Kier alpha value is -8.28. The third-order valence-corrected chi connectivity index (χ3v) is 6.02. The van der Waals surface area contributed by atoms with Crippen LogP contribution in [0.15, 0.2) is 33.5 Å². The van der Waals surface area contributed by atoms with Gasteiger partial charge in [-0.3, -0.25) is 9.98 Å². The fourth-order valence-corrected chi connectivity index (χ4v) is 4.19. The van der Waals surface area contributed by atoms with E-state index in [0.29, 0.717) is 22.7 Å². The van der Waals surface area contributed by atoms with Gasteiger partial charge >= 0.3 is 0 Å². The number of rotatable bonds is 2. The Balaban J connectivity index is 1.58. The first-order valence-corrected chi connectivity index (χ1v) is 11.8. The molecule has 16 heteroatoms. The van der Waals surface area contributed by atoms with Crippen LogP contribution in [0.2, 0.25) is 0 Å². The molecule has 2 aliphatic rings. The van der Waals surface area contributed by atoms with Gasteiger partial charge in [0.15, 0.2) is 22.8 Å². The molecule has 4 heterocycles. The van der Waals surface area contributed by atoms with E-state index in [0.717, 1.165) is 0 Å². The van der Waals surface area contributed by atoms with Crippen molar-refractivity contribution in [3.63, 3.8) is 0 Å². The highest BCUT2D eigenvalue weighted by molar-refractivity contribution is 6.07. The molecule has 0 amide bonds. The Morgan fingerprint density at radius 1 is 0.500 bits per heavy atom. The molecule has 0 spiro atoms. The molecule has 0 saturated heterocycles. The Bertz CT molecular complexity index is 2080. The summed E-state index contributed by atoms with van der Waals surface area (Å²) in [6.07, 6.45) is 2.59. The quantitative estimate of drug-likeness (QED) is 0.421. The number of hydrogen-bond donors (Lipinski definition) is 2. The maximum atomic E-state index is 9.96. The zero-order valence-electron chi connectivity index (χ0n) is 21.6. The van der Waals surface area contributed by atoms with E-state index < -0.39 is 11.6 Å². The lowest BCUT2D eigenvalue weighted by Crippen LogP contribution is -2.13. The molecule has 0 fully saturated rings. The predicted octanol–water partition coefficient (Wildman–Crippen LogP) is 2.62. The van der Waals surface area contributed by atoms with Crippen molar-refractivity contribution in [1.82, 2.24) is 19.9 Å². The van der Waals surface area contributed by atoms with Crippen molar-refractivity contribution in [2.24, 2.45) is 9.98 Å². The number of benzene rings is 1. The van der Waals surface area contributed by atoms with E-state index in [1.165, 1.54) is 12.4 Å². The molecule has 2 N–H and O–H groups in total. The van der Waals surface area contributed by atoms with Gasteiger partial charge in [0.2, 0.25) is 11.6 Å². The van der Waals surface area contributed by atoms with Crippen LogP contribution in [0.25, 0.3) is 11.1 Å². The molecule has 5 rings (SSSR count). The van der Waals surface area contributed by atoms with Crippen molar-refractivity contribution in [1.29, 1.82) is 42.1 Å². The third-order valence-electron chi connectivity index (χ3n) is 6.02. The molecular formula is C28H6N16. The van der Waals surface area contributed by atoms with Crippen molar-refractivity contribution in [3.8, 4) is 48.6 Å². The van der Waals surface area contributed by atoms with E-state index >= 15 is 0 Å². The minimum atomic E-state index is -0.399. The molecule has 16 nitrogen and oxygen atoms in total. The Kier molecular flexibility index (Phi) is 6.87. The van der Waals surface area contributed by atoms with E-state index in [-0.39, 0.29) is 56.4 Å². The largest absolute Gasteiger partial charge is 0.351 e. The molecule has 0 unspecified atom stereocenters. The van der Waals surface area contributed by atoms with Crippen molar-refractivity contribution < 1.29 is 0 Å². The molecule has 3 aromatic rings. The second-order valence-corrected chi connectivity index (χ2v) is 8.36. The standard InChI is InChI=1S/C28H6N16/c29-3-13(27-19(5-31)41-25(9-35)42-20(27)6-32)23-12-38-16-2-18-15(1-17(16)39-23)37-11-24(40-18)14(4-30)28-21(7-33)43-26(10-36)44-22(28)8-34/h1-2,11-12,39-40H/b23-13+,24-14+. The van der Waals surface area contributed by atoms with Gasteiger partial charge in [0.05, 0.1) is 68.8 Å². The zero-order valence-corrected chi connectivity index (χ0v) is 21.6. The normalized spacial score (nSPS) is 14.0. The summed E-state index contributed by atoms with van der Waals surface area (Å²) < 4.78 is 0. The first kappa shape index (κ1) is 27.3. The average molecular weight is 566 g/mol. The van der Waals surface area contributed by atoms with E-state index in [4.69, 9.17) is 10.5 Å². The highest BCUT2D eigenvalue weighted by Crippen LogP contribution is 2.42. The second-order valence-electron chi connectivity index (χ2n) is 8.36. The fourth-order valence-electron chi connectivity index (χ4n) is 4.19. The molecular weight excluding hydrogens is 560 g/mol. The summed E-state index contributed by atoms with van der Waals surface area (Å²) in [6.45, 7) is 0. The van der Waals surface area contributed by atoms with Crippen molar-refractivity contribution >= 4 is 46.3 Å². The highest BCUT2D eigenvalue weighted by Gasteiger charge is 2.26. The van der Waals surface area contributed by atoms with Crippen LogP contribution >= 0.6 is 0 Å². The average Bonchev–Trinajstić information content (AvgIpc) is 3.07. The summed E-state index contributed by atoms with van der Waals surface area (Å²) in [7, 11) is 0. The summed E-state index contributed by atoms with van der Waals surface area (Å²) in [5.41, 5.74) is -0.206. The van der Waals surface area contributed by atoms with Crippen LogP contribution in [0.5, 0.6) is 0 Å². The molecule has 2 aliphatic heterocycles. The second kappa shape index (κ2) is 11.1. The lowest BCUT2D eigenvalue weighted by Gasteiger charge is -2.22. The Morgan fingerprint density at radius 2 is 0.841 bits per heavy atom. The summed E-state index contributed by atoms with van der Waals surface area (Å²) >= 11 is 0. The molecule has 0 atom stereocenters. The van der Waals surface area contributed by atoms with Gasteiger partial charge in [-0.15, -0.1) is 0 Å². The van der Waals surface area contributed by atoms with Crippen molar-refractivity contribution in [2.75, 3.05) is 10.6 Å². The summed E-state index contributed by atoms with van der Waals surface area (Å²) in [6, 6.07) is 17.5. The van der Waals surface area contributed by atoms with Gasteiger partial charge in [0.1, 0.15) is 48.6 Å². The number of allylic oxidation sites excluding steroid dienone is 4. The fraction of sp³-hybridized carbons (Fsp3) is 0. The van der Waals surface area contributed by atoms with Gasteiger partial charge in [-0.25, -0.2) is 19.9 Å². The van der Waals surface area contributed by atoms with Crippen LogP contribution in [0.3, 0.4) is 0 Å². The van der Waals surface area contributed by atoms with Gasteiger partial charge in [-0.1, -0.05) is 0 Å². The minimum Gasteiger partial charge on any atom is -0.351 e. The van der Waals surface area contributed by atoms with Gasteiger partial charge in [-0.2, -0.15) is 42.1 Å². The number of nitriles is 8. The Morgan fingerprint density at radius 3 is 1.11 bits per heavy atom. The molecule has 1 aromatic carbocycles. The van der Waals surface area contributed by atoms with Crippen LogP contribution in [0, 0.1) is 90.6 Å². The maximum Gasteiger partial charge on any atom is 0.234 e. The third kappa shape index (κ3) is 4.48. The molecule has 0 saturated carbocycles. The topological polar surface area (TPSA) is 291 Å². The smallest absolute Gasteiger partial charge is 0.234 e. The lowest BCUT2D eigenvalue weighted by molar-refractivity contribution is 1.06. The van der Waals surface area contributed by atoms with E-state index in [2.05, 4.69) is 40.6 Å². The number of anilines is 2. The van der Waals surface area contributed by atoms with Crippen molar-refractivity contribution in [3.05, 3.63) is 69.1 Å². The van der Waals surface area contributed by atoms with Gasteiger partial charge < -0.3 is 10.6 Å². The van der Waals surface area contributed by atoms with Crippen LogP contribution in [-0.4, -0.2) is 32.4 Å². The number of nitrogens with one attached hydrogen (secondary N) is 2. The Labute approximate surface area is 246 Å².